The number of aryl methyl sites for hydroxylation is 1. The van der Waals surface area contributed by atoms with Crippen molar-refractivity contribution in [3.8, 4) is 5.75 Å². The summed E-state index contributed by atoms with van der Waals surface area (Å²) in [6.07, 6.45) is 5.00. The zero-order valence-electron chi connectivity index (χ0n) is 17.0. The van der Waals surface area contributed by atoms with Gasteiger partial charge in [-0.1, -0.05) is 12.1 Å². The molecule has 0 bridgehead atoms. The predicted molar refractivity (Wildman–Crippen MR) is 114 cm³/mol. The summed E-state index contributed by atoms with van der Waals surface area (Å²) in [6.45, 7) is 0.725. The SMILES string of the molecule is COc1ccc([C@H](NC(=O)c2ccc(N3CCCC3=O)cc2)c2nccn2C)cc1. The molecule has 2 amide bonds. The van der Waals surface area contributed by atoms with E-state index in [1.54, 1.807) is 30.3 Å². The number of nitrogens with zero attached hydrogens (tertiary/aromatic N) is 3. The fourth-order valence-corrected chi connectivity index (χ4v) is 3.68. The molecule has 1 N–H and O–H groups in total. The van der Waals surface area contributed by atoms with E-state index in [2.05, 4.69) is 10.3 Å². The van der Waals surface area contributed by atoms with E-state index < -0.39 is 6.04 Å². The van der Waals surface area contributed by atoms with E-state index in [1.165, 1.54) is 0 Å². The third kappa shape index (κ3) is 3.91. The Morgan fingerprint density at radius 3 is 2.43 bits per heavy atom. The summed E-state index contributed by atoms with van der Waals surface area (Å²) in [4.78, 5) is 31.1. The summed E-state index contributed by atoms with van der Waals surface area (Å²) in [5.41, 5.74) is 2.25. The summed E-state index contributed by atoms with van der Waals surface area (Å²) >= 11 is 0. The predicted octanol–water partition coefficient (Wildman–Crippen LogP) is 3.07. The summed E-state index contributed by atoms with van der Waals surface area (Å²) in [5, 5.41) is 3.08. The number of hydrogen-bond acceptors (Lipinski definition) is 4. The first-order chi connectivity index (χ1) is 14.6. The van der Waals surface area contributed by atoms with Crippen molar-refractivity contribution in [1.29, 1.82) is 0 Å². The number of ether oxygens (including phenoxy) is 1. The highest BCUT2D eigenvalue weighted by Crippen LogP contribution is 2.25. The molecule has 154 valence electrons. The number of amides is 2. The van der Waals surface area contributed by atoms with E-state index in [-0.39, 0.29) is 11.8 Å². The average molecular weight is 404 g/mol. The zero-order chi connectivity index (χ0) is 21.1. The van der Waals surface area contributed by atoms with Crippen molar-refractivity contribution in [2.24, 2.45) is 7.05 Å². The number of carbonyl (C=O) groups excluding carboxylic acids is 2. The van der Waals surface area contributed by atoms with Crippen molar-refractivity contribution in [3.63, 3.8) is 0 Å². The van der Waals surface area contributed by atoms with Gasteiger partial charge in [-0.15, -0.1) is 0 Å². The minimum atomic E-state index is -0.414. The van der Waals surface area contributed by atoms with Gasteiger partial charge in [-0.05, 0) is 48.4 Å². The molecule has 3 aromatic rings. The fourth-order valence-electron chi connectivity index (χ4n) is 3.68. The van der Waals surface area contributed by atoms with Gasteiger partial charge in [-0.3, -0.25) is 9.59 Å². The largest absolute Gasteiger partial charge is 0.497 e. The molecule has 1 aromatic heterocycles. The number of imidazole rings is 1. The monoisotopic (exact) mass is 404 g/mol. The molecule has 0 aliphatic carbocycles. The van der Waals surface area contributed by atoms with Crippen LogP contribution in [0, 0.1) is 0 Å². The van der Waals surface area contributed by atoms with E-state index in [9.17, 15) is 9.59 Å². The second kappa shape index (κ2) is 8.41. The number of carbonyl (C=O) groups is 2. The highest BCUT2D eigenvalue weighted by molar-refractivity contribution is 5.97. The summed E-state index contributed by atoms with van der Waals surface area (Å²) in [7, 11) is 3.51. The Morgan fingerprint density at radius 1 is 1.13 bits per heavy atom. The Balaban J connectivity index is 1.57. The number of benzene rings is 2. The van der Waals surface area contributed by atoms with E-state index in [0.29, 0.717) is 12.0 Å². The van der Waals surface area contributed by atoms with Gasteiger partial charge in [0.05, 0.1) is 7.11 Å². The second-order valence-corrected chi connectivity index (χ2v) is 7.27. The van der Waals surface area contributed by atoms with Gasteiger partial charge in [0.1, 0.15) is 17.6 Å². The summed E-state index contributed by atoms with van der Waals surface area (Å²) in [6, 6.07) is 14.3. The van der Waals surface area contributed by atoms with Crippen LogP contribution in [-0.2, 0) is 11.8 Å². The van der Waals surface area contributed by atoms with Gasteiger partial charge in [-0.25, -0.2) is 4.98 Å². The lowest BCUT2D eigenvalue weighted by molar-refractivity contribution is -0.117. The minimum absolute atomic E-state index is 0.126. The van der Waals surface area contributed by atoms with Crippen molar-refractivity contribution >= 4 is 17.5 Å². The van der Waals surface area contributed by atoms with Gasteiger partial charge in [0, 0.05) is 43.7 Å². The van der Waals surface area contributed by atoms with Crippen LogP contribution >= 0.6 is 0 Å². The molecule has 2 heterocycles. The van der Waals surface area contributed by atoms with Gasteiger partial charge in [0.2, 0.25) is 5.91 Å². The van der Waals surface area contributed by atoms with Crippen LogP contribution in [0.25, 0.3) is 0 Å². The minimum Gasteiger partial charge on any atom is -0.497 e. The molecule has 1 fully saturated rings. The van der Waals surface area contributed by atoms with E-state index >= 15 is 0 Å². The Kier molecular flexibility index (Phi) is 5.52. The Hall–Kier alpha value is -3.61. The molecule has 0 radical (unpaired) electrons. The van der Waals surface area contributed by atoms with Crippen LogP contribution in [0.2, 0.25) is 0 Å². The number of rotatable bonds is 6. The van der Waals surface area contributed by atoms with Gasteiger partial charge < -0.3 is 19.5 Å². The number of hydrogen-bond donors (Lipinski definition) is 1. The van der Waals surface area contributed by atoms with Crippen molar-refractivity contribution in [2.75, 3.05) is 18.6 Å². The van der Waals surface area contributed by atoms with Crippen LogP contribution in [-0.4, -0.2) is 35.0 Å². The molecular weight excluding hydrogens is 380 g/mol. The molecule has 1 aliphatic heterocycles. The average Bonchev–Trinajstić information content (AvgIpc) is 3.40. The highest BCUT2D eigenvalue weighted by atomic mass is 16.5. The standard InChI is InChI=1S/C23H24N4O3/c1-26-15-13-24-22(26)21(16-7-11-19(30-2)12-8-16)25-23(29)17-5-9-18(10-6-17)27-14-3-4-20(27)28/h5-13,15,21H,3-4,14H2,1-2H3,(H,25,29)/t21-/m0/s1. The first-order valence-corrected chi connectivity index (χ1v) is 9.89. The van der Waals surface area contributed by atoms with E-state index in [0.717, 1.165) is 35.8 Å². The molecule has 2 aromatic carbocycles. The van der Waals surface area contributed by atoms with Gasteiger partial charge in [-0.2, -0.15) is 0 Å². The first-order valence-electron chi connectivity index (χ1n) is 9.89. The third-order valence-corrected chi connectivity index (χ3v) is 5.36. The van der Waals surface area contributed by atoms with E-state index in [4.69, 9.17) is 4.74 Å². The maximum atomic E-state index is 13.0. The van der Waals surface area contributed by atoms with Crippen LogP contribution in [0.5, 0.6) is 5.75 Å². The Labute approximate surface area is 175 Å². The molecule has 7 heteroatoms. The van der Waals surface area contributed by atoms with Crippen molar-refractivity contribution in [3.05, 3.63) is 77.9 Å². The van der Waals surface area contributed by atoms with Crippen LogP contribution < -0.4 is 15.0 Å². The van der Waals surface area contributed by atoms with Crippen LogP contribution in [0.15, 0.2) is 60.9 Å². The molecule has 30 heavy (non-hydrogen) atoms. The van der Waals surface area contributed by atoms with Crippen LogP contribution in [0.1, 0.15) is 40.6 Å². The molecule has 0 unspecified atom stereocenters. The third-order valence-electron chi connectivity index (χ3n) is 5.36. The summed E-state index contributed by atoms with van der Waals surface area (Å²) in [5.74, 6) is 1.39. The van der Waals surface area contributed by atoms with Crippen molar-refractivity contribution in [2.45, 2.75) is 18.9 Å². The molecular formula is C23H24N4O3. The van der Waals surface area contributed by atoms with Gasteiger partial charge in [0.25, 0.3) is 5.91 Å². The van der Waals surface area contributed by atoms with E-state index in [1.807, 2.05) is 54.2 Å². The topological polar surface area (TPSA) is 76.5 Å². The van der Waals surface area contributed by atoms with Crippen molar-refractivity contribution in [1.82, 2.24) is 14.9 Å². The molecule has 0 spiro atoms. The molecule has 7 nitrogen and oxygen atoms in total. The molecule has 0 saturated carbocycles. The molecule has 1 atom stereocenters. The zero-order valence-corrected chi connectivity index (χ0v) is 17.0. The fraction of sp³-hybridized carbons (Fsp3) is 0.261. The maximum absolute atomic E-state index is 13.0. The van der Waals surface area contributed by atoms with Crippen LogP contribution in [0.4, 0.5) is 5.69 Å². The molecule has 4 rings (SSSR count). The lowest BCUT2D eigenvalue weighted by Gasteiger charge is -2.20. The maximum Gasteiger partial charge on any atom is 0.252 e. The van der Waals surface area contributed by atoms with Crippen molar-refractivity contribution < 1.29 is 14.3 Å². The smallest absolute Gasteiger partial charge is 0.252 e. The Bertz CT molecular complexity index is 1040. The summed E-state index contributed by atoms with van der Waals surface area (Å²) < 4.78 is 7.12. The molecule has 1 saturated heterocycles. The quantitative estimate of drug-likeness (QED) is 0.685. The second-order valence-electron chi connectivity index (χ2n) is 7.27. The highest BCUT2D eigenvalue weighted by Gasteiger charge is 2.23. The number of anilines is 1. The van der Waals surface area contributed by atoms with Gasteiger partial charge >= 0.3 is 0 Å². The number of aromatic nitrogens is 2. The lowest BCUT2D eigenvalue weighted by Crippen LogP contribution is -2.31. The number of nitrogens with one attached hydrogen (secondary N) is 1. The lowest BCUT2D eigenvalue weighted by atomic mass is 10.0. The van der Waals surface area contributed by atoms with Crippen LogP contribution in [0.3, 0.4) is 0 Å². The number of methoxy groups -OCH3 is 1. The Morgan fingerprint density at radius 2 is 1.87 bits per heavy atom. The normalized spacial score (nSPS) is 14.6. The van der Waals surface area contributed by atoms with Gasteiger partial charge in [0.15, 0.2) is 0 Å². The first kappa shape index (κ1) is 19.7. The molecule has 1 aliphatic rings.